The molecule has 1 rings (SSSR count). The van der Waals surface area contributed by atoms with E-state index in [1.807, 2.05) is 19.6 Å². The summed E-state index contributed by atoms with van der Waals surface area (Å²) in [7, 11) is -2.02. The van der Waals surface area contributed by atoms with Gasteiger partial charge in [0.1, 0.15) is 6.29 Å². The van der Waals surface area contributed by atoms with Gasteiger partial charge in [0.25, 0.3) is 0 Å². The van der Waals surface area contributed by atoms with Crippen molar-refractivity contribution in [1.82, 2.24) is 0 Å². The number of hydrogen-bond donors (Lipinski definition) is 0. The SMILES string of the molecule is C[Si](C)(C)c1c(C=O)ccc(F)c1F. The van der Waals surface area contributed by atoms with E-state index in [1.54, 1.807) is 0 Å². The van der Waals surface area contributed by atoms with Crippen molar-refractivity contribution in [2.75, 3.05) is 0 Å². The van der Waals surface area contributed by atoms with Gasteiger partial charge in [-0.2, -0.15) is 0 Å². The Balaban J connectivity index is 3.51. The first kappa shape index (κ1) is 11.0. The Kier molecular flexibility index (Phi) is 2.85. The van der Waals surface area contributed by atoms with E-state index in [9.17, 15) is 13.6 Å². The fraction of sp³-hybridized carbons (Fsp3) is 0.300. The molecule has 0 radical (unpaired) electrons. The maximum absolute atomic E-state index is 13.4. The van der Waals surface area contributed by atoms with Crippen molar-refractivity contribution in [3.63, 3.8) is 0 Å². The summed E-state index contributed by atoms with van der Waals surface area (Å²) in [5.74, 6) is -1.75. The fourth-order valence-electron chi connectivity index (χ4n) is 1.43. The molecule has 14 heavy (non-hydrogen) atoms. The van der Waals surface area contributed by atoms with Crippen LogP contribution in [0.2, 0.25) is 19.6 Å². The molecular formula is C10H12F2OSi. The number of carbonyl (C=O) groups is 1. The standard InChI is InChI=1S/C10H12F2OSi/c1-14(2,3)10-7(6-13)4-5-8(11)9(10)12/h4-6H,1-3H3. The number of halogens is 2. The van der Waals surface area contributed by atoms with Crippen molar-refractivity contribution >= 4 is 19.5 Å². The summed E-state index contributed by atoms with van der Waals surface area (Å²) in [4.78, 5) is 10.7. The van der Waals surface area contributed by atoms with E-state index in [0.717, 1.165) is 6.07 Å². The molecular weight excluding hydrogens is 202 g/mol. The Morgan fingerprint density at radius 3 is 2.21 bits per heavy atom. The quantitative estimate of drug-likeness (QED) is 0.545. The molecule has 0 aliphatic carbocycles. The largest absolute Gasteiger partial charge is 0.298 e. The van der Waals surface area contributed by atoms with E-state index < -0.39 is 19.7 Å². The first-order valence-corrected chi connectivity index (χ1v) is 7.81. The average Bonchev–Trinajstić information content (AvgIpc) is 2.07. The minimum absolute atomic E-state index is 0.267. The lowest BCUT2D eigenvalue weighted by molar-refractivity contribution is 0.112. The molecule has 0 aromatic heterocycles. The van der Waals surface area contributed by atoms with Crippen LogP contribution in [0.1, 0.15) is 10.4 Å². The van der Waals surface area contributed by atoms with Crippen LogP contribution in [0, 0.1) is 11.6 Å². The number of hydrogen-bond acceptors (Lipinski definition) is 1. The highest BCUT2D eigenvalue weighted by molar-refractivity contribution is 6.89. The minimum atomic E-state index is -2.02. The highest BCUT2D eigenvalue weighted by atomic mass is 28.3. The Morgan fingerprint density at radius 1 is 1.21 bits per heavy atom. The second-order valence-corrected chi connectivity index (χ2v) is 9.19. The molecule has 0 bridgehead atoms. The van der Waals surface area contributed by atoms with Gasteiger partial charge in [-0.15, -0.1) is 0 Å². The summed E-state index contributed by atoms with van der Waals surface area (Å²) in [6.07, 6.45) is 0.579. The van der Waals surface area contributed by atoms with Crippen LogP contribution in [-0.4, -0.2) is 14.4 Å². The van der Waals surface area contributed by atoms with E-state index in [2.05, 4.69) is 0 Å². The van der Waals surface area contributed by atoms with Gasteiger partial charge in [0.2, 0.25) is 0 Å². The zero-order chi connectivity index (χ0) is 10.9. The zero-order valence-corrected chi connectivity index (χ0v) is 9.40. The summed E-state index contributed by atoms with van der Waals surface area (Å²) in [5, 5.41) is 0.271. The van der Waals surface area contributed by atoms with Crippen LogP contribution >= 0.6 is 0 Å². The molecule has 0 spiro atoms. The number of carbonyl (C=O) groups excluding carboxylic acids is 1. The third-order valence-corrected chi connectivity index (χ3v) is 4.01. The maximum atomic E-state index is 13.4. The summed E-state index contributed by atoms with van der Waals surface area (Å²) < 4.78 is 26.4. The van der Waals surface area contributed by atoms with Gasteiger partial charge in [-0.05, 0) is 17.3 Å². The average molecular weight is 214 g/mol. The first-order valence-electron chi connectivity index (χ1n) is 4.31. The van der Waals surface area contributed by atoms with Crippen molar-refractivity contribution in [2.24, 2.45) is 0 Å². The number of aldehydes is 1. The molecule has 76 valence electrons. The van der Waals surface area contributed by atoms with Crippen molar-refractivity contribution in [3.05, 3.63) is 29.3 Å². The molecule has 0 atom stereocenters. The monoisotopic (exact) mass is 214 g/mol. The molecule has 0 saturated heterocycles. The Bertz CT molecular complexity index is 369. The normalized spacial score (nSPS) is 11.5. The molecule has 0 aliphatic heterocycles. The van der Waals surface area contributed by atoms with Gasteiger partial charge in [0.15, 0.2) is 11.6 Å². The van der Waals surface area contributed by atoms with Crippen LogP contribution in [0.5, 0.6) is 0 Å². The summed E-state index contributed by atoms with van der Waals surface area (Å²) in [5.41, 5.74) is 0.267. The molecule has 0 fully saturated rings. The molecule has 0 heterocycles. The lowest BCUT2D eigenvalue weighted by Crippen LogP contribution is -2.43. The Hall–Kier alpha value is -1.03. The van der Waals surface area contributed by atoms with Crippen molar-refractivity contribution in [1.29, 1.82) is 0 Å². The Morgan fingerprint density at radius 2 is 1.79 bits per heavy atom. The van der Waals surface area contributed by atoms with Crippen LogP contribution in [0.4, 0.5) is 8.78 Å². The van der Waals surface area contributed by atoms with Gasteiger partial charge in [-0.3, -0.25) is 4.79 Å². The smallest absolute Gasteiger partial charge is 0.158 e. The van der Waals surface area contributed by atoms with E-state index in [-0.39, 0.29) is 10.8 Å². The van der Waals surface area contributed by atoms with Gasteiger partial charge in [-0.25, -0.2) is 8.78 Å². The zero-order valence-electron chi connectivity index (χ0n) is 8.40. The predicted molar refractivity (Wildman–Crippen MR) is 54.7 cm³/mol. The summed E-state index contributed by atoms with van der Waals surface area (Å²) in [6, 6.07) is 2.32. The van der Waals surface area contributed by atoms with E-state index in [1.165, 1.54) is 6.07 Å². The third-order valence-electron chi connectivity index (χ3n) is 2.00. The van der Waals surface area contributed by atoms with Crippen LogP contribution in [0.15, 0.2) is 12.1 Å². The second kappa shape index (κ2) is 3.61. The second-order valence-electron chi connectivity index (χ2n) is 4.19. The van der Waals surface area contributed by atoms with Crippen LogP contribution in [-0.2, 0) is 0 Å². The van der Waals surface area contributed by atoms with Gasteiger partial charge in [0.05, 0.1) is 8.07 Å². The molecule has 1 nitrogen and oxygen atoms in total. The molecule has 1 aromatic rings. The van der Waals surface area contributed by atoms with Crippen LogP contribution < -0.4 is 5.19 Å². The topological polar surface area (TPSA) is 17.1 Å². The maximum Gasteiger partial charge on any atom is 0.158 e. The van der Waals surface area contributed by atoms with Gasteiger partial charge < -0.3 is 0 Å². The van der Waals surface area contributed by atoms with E-state index >= 15 is 0 Å². The molecule has 1 aromatic carbocycles. The number of benzene rings is 1. The predicted octanol–water partition coefficient (Wildman–Crippen LogP) is 2.32. The lowest BCUT2D eigenvalue weighted by atomic mass is 10.2. The molecule has 0 unspecified atom stereocenters. The molecule has 0 N–H and O–H groups in total. The van der Waals surface area contributed by atoms with E-state index in [4.69, 9.17) is 0 Å². The van der Waals surface area contributed by atoms with Gasteiger partial charge in [0, 0.05) is 5.56 Å². The first-order chi connectivity index (χ1) is 6.38. The van der Waals surface area contributed by atoms with Crippen molar-refractivity contribution in [3.8, 4) is 0 Å². The molecule has 4 heteroatoms. The van der Waals surface area contributed by atoms with Crippen LogP contribution in [0.3, 0.4) is 0 Å². The molecule has 0 aliphatic rings. The highest BCUT2D eigenvalue weighted by Gasteiger charge is 2.26. The van der Waals surface area contributed by atoms with Crippen molar-refractivity contribution in [2.45, 2.75) is 19.6 Å². The fourth-order valence-corrected chi connectivity index (χ4v) is 3.21. The van der Waals surface area contributed by atoms with Gasteiger partial charge >= 0.3 is 0 Å². The van der Waals surface area contributed by atoms with E-state index in [0.29, 0.717) is 6.29 Å². The summed E-state index contributed by atoms with van der Waals surface area (Å²) >= 11 is 0. The van der Waals surface area contributed by atoms with Crippen molar-refractivity contribution < 1.29 is 13.6 Å². The third kappa shape index (κ3) is 1.90. The minimum Gasteiger partial charge on any atom is -0.298 e. The summed E-state index contributed by atoms with van der Waals surface area (Å²) in [6.45, 7) is 5.62. The molecule has 0 saturated carbocycles. The molecule has 0 amide bonds. The van der Waals surface area contributed by atoms with Crippen LogP contribution in [0.25, 0.3) is 0 Å². The van der Waals surface area contributed by atoms with Gasteiger partial charge in [-0.1, -0.05) is 19.6 Å². The highest BCUT2D eigenvalue weighted by Crippen LogP contribution is 2.12. The number of rotatable bonds is 2. The Labute approximate surface area is 82.8 Å². The lowest BCUT2D eigenvalue weighted by Gasteiger charge is -2.19.